The number of nitriles is 1. The highest BCUT2D eigenvalue weighted by Crippen LogP contribution is 2.18. The summed E-state index contributed by atoms with van der Waals surface area (Å²) in [7, 11) is 0. The highest BCUT2D eigenvalue weighted by atomic mass is 32.2. The van der Waals surface area contributed by atoms with Gasteiger partial charge in [-0.05, 0) is 17.4 Å². The quantitative estimate of drug-likeness (QED) is 0.664. The van der Waals surface area contributed by atoms with E-state index in [1.165, 1.54) is 11.8 Å². The van der Waals surface area contributed by atoms with Gasteiger partial charge in [0, 0.05) is 6.54 Å². The molecule has 7 heteroatoms. The van der Waals surface area contributed by atoms with Crippen LogP contribution >= 0.6 is 11.8 Å². The zero-order chi connectivity index (χ0) is 9.68. The fourth-order valence-corrected chi connectivity index (χ4v) is 1.43. The molecule has 0 bridgehead atoms. The summed E-state index contributed by atoms with van der Waals surface area (Å²) in [5, 5.41) is 20.1. The summed E-state index contributed by atoms with van der Waals surface area (Å²) in [6.07, 6.45) is 0. The van der Waals surface area contributed by atoms with Gasteiger partial charge in [0.2, 0.25) is 5.16 Å². The maximum absolute atomic E-state index is 8.58. The minimum absolute atomic E-state index is 0.150. The molecule has 0 saturated carbocycles. The first-order chi connectivity index (χ1) is 6.27. The number of hydrogen-bond acceptors (Lipinski definition) is 6. The lowest BCUT2D eigenvalue weighted by Gasteiger charge is -2.02. The van der Waals surface area contributed by atoms with Crippen LogP contribution in [0.2, 0.25) is 0 Å². The number of hydrogen-bond donors (Lipinski definition) is 1. The lowest BCUT2D eigenvalue weighted by molar-refractivity contribution is 0.556. The molecule has 0 aliphatic carbocycles. The van der Waals surface area contributed by atoms with E-state index in [2.05, 4.69) is 21.6 Å². The monoisotopic (exact) mass is 198 g/mol. The van der Waals surface area contributed by atoms with Gasteiger partial charge in [-0.25, -0.2) is 4.68 Å². The minimum atomic E-state index is -0.150. The molecule has 0 spiro atoms. The van der Waals surface area contributed by atoms with Gasteiger partial charge in [0.1, 0.15) is 0 Å². The van der Waals surface area contributed by atoms with E-state index in [1.54, 1.807) is 11.6 Å². The Labute approximate surface area is 80.1 Å². The number of nitrogens with zero attached hydrogens (tertiary/aromatic N) is 5. The van der Waals surface area contributed by atoms with Gasteiger partial charge < -0.3 is 5.73 Å². The first-order valence-corrected chi connectivity index (χ1v) is 4.68. The molecule has 0 radical (unpaired) electrons. The number of rotatable bonds is 4. The summed E-state index contributed by atoms with van der Waals surface area (Å²) in [4.78, 5) is 0. The largest absolute Gasteiger partial charge is 0.329 e. The van der Waals surface area contributed by atoms with Gasteiger partial charge in [-0.15, -0.1) is 5.10 Å². The molecule has 0 fully saturated rings. The van der Waals surface area contributed by atoms with Crippen molar-refractivity contribution in [3.05, 3.63) is 0 Å². The van der Waals surface area contributed by atoms with Crippen LogP contribution < -0.4 is 5.73 Å². The van der Waals surface area contributed by atoms with Crippen molar-refractivity contribution in [3.8, 4) is 6.07 Å². The standard InChI is InChI=1S/C6H10N6S/c1-5(4-8)13-6-9-10-11-12(6)3-2-7/h5H,2-3,7H2,1H3. The van der Waals surface area contributed by atoms with Crippen molar-refractivity contribution in [2.45, 2.75) is 23.9 Å². The van der Waals surface area contributed by atoms with Gasteiger partial charge >= 0.3 is 0 Å². The Hall–Kier alpha value is -1.13. The van der Waals surface area contributed by atoms with Crippen molar-refractivity contribution in [1.29, 1.82) is 5.26 Å². The summed E-state index contributed by atoms with van der Waals surface area (Å²) in [5.41, 5.74) is 5.36. The van der Waals surface area contributed by atoms with Crippen LogP contribution in [-0.4, -0.2) is 32.0 Å². The average molecular weight is 198 g/mol. The molecule has 1 aromatic rings. The molecule has 0 saturated heterocycles. The number of tetrazole rings is 1. The van der Waals surface area contributed by atoms with E-state index >= 15 is 0 Å². The third-order valence-corrected chi connectivity index (χ3v) is 2.27. The molecular weight excluding hydrogens is 188 g/mol. The van der Waals surface area contributed by atoms with E-state index in [4.69, 9.17) is 11.0 Å². The van der Waals surface area contributed by atoms with Gasteiger partial charge in [-0.1, -0.05) is 11.8 Å². The van der Waals surface area contributed by atoms with Crippen LogP contribution in [0.4, 0.5) is 0 Å². The van der Waals surface area contributed by atoms with E-state index in [0.29, 0.717) is 18.2 Å². The highest BCUT2D eigenvalue weighted by molar-refractivity contribution is 8.00. The predicted octanol–water partition coefficient (Wildman–Crippen LogP) is -0.364. The lowest BCUT2D eigenvalue weighted by Crippen LogP contribution is -2.12. The van der Waals surface area contributed by atoms with Crippen molar-refractivity contribution in [1.82, 2.24) is 20.2 Å². The molecular formula is C6H10N6S. The first-order valence-electron chi connectivity index (χ1n) is 3.80. The topological polar surface area (TPSA) is 93.4 Å². The second kappa shape index (κ2) is 4.79. The third-order valence-electron chi connectivity index (χ3n) is 1.30. The third kappa shape index (κ3) is 2.68. The second-order valence-electron chi connectivity index (χ2n) is 2.36. The molecule has 0 aliphatic rings. The number of aromatic nitrogens is 4. The van der Waals surface area contributed by atoms with Crippen molar-refractivity contribution in [3.63, 3.8) is 0 Å². The van der Waals surface area contributed by atoms with Crippen LogP contribution in [0.1, 0.15) is 6.92 Å². The zero-order valence-electron chi connectivity index (χ0n) is 7.21. The Kier molecular flexibility index (Phi) is 3.67. The normalized spacial score (nSPS) is 12.4. The fourth-order valence-electron chi connectivity index (χ4n) is 0.728. The second-order valence-corrected chi connectivity index (χ2v) is 3.67. The van der Waals surface area contributed by atoms with Gasteiger partial charge in [-0.3, -0.25) is 0 Å². The summed E-state index contributed by atoms with van der Waals surface area (Å²) in [6.45, 7) is 2.86. The summed E-state index contributed by atoms with van der Waals surface area (Å²) >= 11 is 1.33. The van der Waals surface area contributed by atoms with Gasteiger partial charge in [0.15, 0.2) is 0 Å². The van der Waals surface area contributed by atoms with Crippen LogP contribution in [0.5, 0.6) is 0 Å². The molecule has 0 aromatic carbocycles. The van der Waals surface area contributed by atoms with E-state index < -0.39 is 0 Å². The summed E-state index contributed by atoms with van der Waals surface area (Å²) in [6, 6.07) is 2.10. The molecule has 1 aromatic heterocycles. The summed E-state index contributed by atoms with van der Waals surface area (Å²) < 4.78 is 1.60. The smallest absolute Gasteiger partial charge is 0.210 e. The molecule has 13 heavy (non-hydrogen) atoms. The molecule has 1 rings (SSSR count). The van der Waals surface area contributed by atoms with Gasteiger partial charge in [0.05, 0.1) is 17.9 Å². The molecule has 2 N–H and O–H groups in total. The molecule has 0 amide bonds. The van der Waals surface area contributed by atoms with Crippen LogP contribution in [0.15, 0.2) is 5.16 Å². The Morgan fingerprint density at radius 2 is 2.54 bits per heavy atom. The molecule has 0 aliphatic heterocycles. The van der Waals surface area contributed by atoms with Crippen molar-refractivity contribution < 1.29 is 0 Å². The van der Waals surface area contributed by atoms with Gasteiger partial charge in [0.25, 0.3) is 0 Å². The maximum Gasteiger partial charge on any atom is 0.210 e. The maximum atomic E-state index is 8.58. The van der Waals surface area contributed by atoms with E-state index in [-0.39, 0.29) is 5.25 Å². The van der Waals surface area contributed by atoms with Crippen molar-refractivity contribution in [2.24, 2.45) is 5.73 Å². The van der Waals surface area contributed by atoms with Gasteiger partial charge in [-0.2, -0.15) is 5.26 Å². The summed E-state index contributed by atoms with van der Waals surface area (Å²) in [5.74, 6) is 0. The highest BCUT2D eigenvalue weighted by Gasteiger charge is 2.09. The van der Waals surface area contributed by atoms with Crippen molar-refractivity contribution in [2.75, 3.05) is 6.54 Å². The Morgan fingerprint density at radius 1 is 1.77 bits per heavy atom. The van der Waals surface area contributed by atoms with Crippen LogP contribution in [0.25, 0.3) is 0 Å². The number of nitrogens with two attached hydrogens (primary N) is 1. The molecule has 1 unspecified atom stereocenters. The average Bonchev–Trinajstić information content (AvgIpc) is 2.54. The van der Waals surface area contributed by atoms with Crippen LogP contribution in [-0.2, 0) is 6.54 Å². The van der Waals surface area contributed by atoms with Crippen LogP contribution in [0, 0.1) is 11.3 Å². The lowest BCUT2D eigenvalue weighted by atomic mass is 10.5. The van der Waals surface area contributed by atoms with E-state index in [1.807, 2.05) is 0 Å². The molecule has 1 heterocycles. The molecule has 6 nitrogen and oxygen atoms in total. The van der Waals surface area contributed by atoms with Crippen molar-refractivity contribution >= 4 is 11.8 Å². The molecule has 1 atom stereocenters. The molecule has 70 valence electrons. The first kappa shape index (κ1) is 9.95. The SMILES string of the molecule is CC(C#N)Sc1nnnn1CCN. The predicted molar refractivity (Wildman–Crippen MR) is 47.8 cm³/mol. The zero-order valence-corrected chi connectivity index (χ0v) is 8.03. The fraction of sp³-hybridized carbons (Fsp3) is 0.667. The van der Waals surface area contributed by atoms with Crippen LogP contribution in [0.3, 0.4) is 0 Å². The van der Waals surface area contributed by atoms with E-state index in [0.717, 1.165) is 0 Å². The number of thioether (sulfide) groups is 1. The van der Waals surface area contributed by atoms with E-state index in [9.17, 15) is 0 Å². The Morgan fingerprint density at radius 3 is 3.15 bits per heavy atom. The Bertz CT molecular complexity index is 302. The Balaban J connectivity index is 2.66. The minimum Gasteiger partial charge on any atom is -0.329 e.